The molecule has 4 amide bonds. The molecule has 0 heterocycles. The number of rotatable bonds is 15. The Morgan fingerprint density at radius 3 is 1.97 bits per heavy atom. The van der Waals surface area contributed by atoms with Crippen LogP contribution in [0.1, 0.15) is 45.6 Å². The van der Waals surface area contributed by atoms with E-state index in [1.165, 1.54) is 31.2 Å². The quantitative estimate of drug-likeness (QED) is 0.133. The Labute approximate surface area is 215 Å². The predicted molar refractivity (Wildman–Crippen MR) is 133 cm³/mol. The van der Waals surface area contributed by atoms with Crippen molar-refractivity contribution in [3.8, 4) is 5.75 Å². The van der Waals surface area contributed by atoms with Crippen LogP contribution in [0.4, 0.5) is 0 Å². The van der Waals surface area contributed by atoms with E-state index in [1.807, 2.05) is 0 Å². The number of carbonyl (C=O) groups excluding carboxylic acids is 4. The first-order valence-corrected chi connectivity index (χ1v) is 11.9. The third-order valence-electron chi connectivity index (χ3n) is 5.92. The third-order valence-corrected chi connectivity index (χ3v) is 5.92. The first kappa shape index (κ1) is 31.3. The highest BCUT2D eigenvalue weighted by Crippen LogP contribution is 2.13. The topological polar surface area (TPSA) is 234 Å². The van der Waals surface area contributed by atoms with Crippen molar-refractivity contribution in [2.45, 2.75) is 76.7 Å². The number of aromatic hydroxyl groups is 1. The molecule has 6 atom stereocenters. The number of aliphatic carboxylic acids is 1. The molecule has 0 spiro atoms. The van der Waals surface area contributed by atoms with Crippen molar-refractivity contribution in [3.63, 3.8) is 0 Å². The highest BCUT2D eigenvalue weighted by Gasteiger charge is 2.33. The smallest absolute Gasteiger partial charge is 0.326 e. The fraction of sp³-hybridized carbons (Fsp3) is 0.542. The Balaban J connectivity index is 3.07. The molecule has 37 heavy (non-hydrogen) atoms. The molecule has 13 heteroatoms. The van der Waals surface area contributed by atoms with Crippen molar-refractivity contribution >= 4 is 29.6 Å². The van der Waals surface area contributed by atoms with Crippen LogP contribution in [0, 0.1) is 5.92 Å². The number of carboxylic acid groups (broad SMARTS) is 1. The zero-order valence-electron chi connectivity index (χ0n) is 21.1. The number of aliphatic hydroxyl groups excluding tert-OH is 1. The molecule has 0 aliphatic heterocycles. The average molecular weight is 524 g/mol. The molecule has 0 radical (unpaired) electrons. The summed E-state index contributed by atoms with van der Waals surface area (Å²) in [4.78, 5) is 61.6. The Bertz CT molecular complexity index is 953. The van der Waals surface area contributed by atoms with Crippen molar-refractivity contribution in [2.24, 2.45) is 17.4 Å². The van der Waals surface area contributed by atoms with Gasteiger partial charge in [0.25, 0.3) is 0 Å². The van der Waals surface area contributed by atoms with E-state index in [9.17, 15) is 39.3 Å². The molecule has 6 unspecified atom stereocenters. The second kappa shape index (κ2) is 14.8. The zero-order valence-corrected chi connectivity index (χ0v) is 21.1. The molecule has 1 aromatic rings. The highest BCUT2D eigenvalue weighted by molar-refractivity contribution is 5.94. The molecule has 0 aliphatic carbocycles. The Morgan fingerprint density at radius 1 is 0.919 bits per heavy atom. The van der Waals surface area contributed by atoms with E-state index in [2.05, 4.69) is 16.0 Å². The van der Waals surface area contributed by atoms with E-state index in [4.69, 9.17) is 11.5 Å². The first-order chi connectivity index (χ1) is 17.3. The van der Waals surface area contributed by atoms with Gasteiger partial charge in [-0.1, -0.05) is 32.4 Å². The van der Waals surface area contributed by atoms with Crippen LogP contribution in [-0.2, 0) is 30.4 Å². The van der Waals surface area contributed by atoms with Gasteiger partial charge in [0.05, 0.1) is 6.10 Å². The summed E-state index contributed by atoms with van der Waals surface area (Å²) in [6, 6.07) is 0.701. The lowest BCUT2D eigenvalue weighted by Gasteiger charge is -2.28. The lowest BCUT2D eigenvalue weighted by atomic mass is 9.96. The summed E-state index contributed by atoms with van der Waals surface area (Å²) >= 11 is 0. The predicted octanol–water partition coefficient (Wildman–Crippen LogP) is -1.51. The fourth-order valence-electron chi connectivity index (χ4n) is 3.33. The maximum atomic E-state index is 13.1. The van der Waals surface area contributed by atoms with Crippen LogP contribution >= 0.6 is 0 Å². The molecule has 0 bridgehead atoms. The van der Waals surface area contributed by atoms with Gasteiger partial charge in [-0.3, -0.25) is 19.2 Å². The largest absolute Gasteiger partial charge is 0.508 e. The molecule has 0 aromatic heterocycles. The SMILES string of the molecule is CCC(C)C(NC(=O)C(CCC(N)=O)NC(=O)C(N)C(C)O)C(=O)NC(Cc1ccc(O)cc1)C(=O)O. The Kier molecular flexibility index (Phi) is 12.5. The molecule has 0 aliphatic rings. The van der Waals surface area contributed by atoms with Crippen LogP contribution in [0.25, 0.3) is 0 Å². The van der Waals surface area contributed by atoms with Gasteiger partial charge in [-0.05, 0) is 37.0 Å². The van der Waals surface area contributed by atoms with Gasteiger partial charge in [0.15, 0.2) is 0 Å². The summed E-state index contributed by atoms with van der Waals surface area (Å²) < 4.78 is 0. The second-order valence-corrected chi connectivity index (χ2v) is 8.97. The van der Waals surface area contributed by atoms with Crippen molar-refractivity contribution in [1.29, 1.82) is 0 Å². The maximum absolute atomic E-state index is 13.1. The minimum atomic E-state index is -1.34. The summed E-state index contributed by atoms with van der Waals surface area (Å²) in [5.41, 5.74) is 11.3. The standard InChI is InChI=1S/C24H37N5O8/c1-4-12(2)20(23(35)28-17(24(36)37)11-14-5-7-15(31)8-6-14)29-21(33)16(9-10-18(25)32)27-22(34)19(26)13(3)30/h5-8,12-13,16-17,19-20,30-31H,4,9-11,26H2,1-3H3,(H2,25,32)(H,27,34)(H,28,35)(H,29,33)(H,36,37). The van der Waals surface area contributed by atoms with Crippen molar-refractivity contribution < 1.29 is 39.3 Å². The summed E-state index contributed by atoms with van der Waals surface area (Å²) in [5, 5.41) is 35.9. The van der Waals surface area contributed by atoms with Crippen LogP contribution in [0.15, 0.2) is 24.3 Å². The number of hydrogen-bond acceptors (Lipinski definition) is 8. The number of benzene rings is 1. The van der Waals surface area contributed by atoms with Crippen LogP contribution < -0.4 is 27.4 Å². The third kappa shape index (κ3) is 10.4. The molecule has 1 aromatic carbocycles. The van der Waals surface area contributed by atoms with Crippen LogP contribution in [0.5, 0.6) is 5.75 Å². The molecule has 13 nitrogen and oxygen atoms in total. The summed E-state index contributed by atoms with van der Waals surface area (Å²) in [6.07, 6.45) is -1.28. The zero-order chi connectivity index (χ0) is 28.3. The monoisotopic (exact) mass is 523 g/mol. The number of aliphatic hydroxyl groups is 1. The van der Waals surface area contributed by atoms with E-state index in [1.54, 1.807) is 13.8 Å². The molecule has 10 N–H and O–H groups in total. The normalized spacial score (nSPS) is 15.8. The van der Waals surface area contributed by atoms with E-state index < -0.39 is 65.8 Å². The van der Waals surface area contributed by atoms with Crippen molar-refractivity contribution in [2.75, 3.05) is 0 Å². The average Bonchev–Trinajstić information content (AvgIpc) is 2.84. The van der Waals surface area contributed by atoms with Crippen LogP contribution in [0.3, 0.4) is 0 Å². The van der Waals surface area contributed by atoms with Crippen LogP contribution in [0.2, 0.25) is 0 Å². The number of amides is 4. The first-order valence-electron chi connectivity index (χ1n) is 11.9. The van der Waals surface area contributed by atoms with Gasteiger partial charge in [0, 0.05) is 12.8 Å². The fourth-order valence-corrected chi connectivity index (χ4v) is 3.33. The van der Waals surface area contributed by atoms with E-state index >= 15 is 0 Å². The van der Waals surface area contributed by atoms with Gasteiger partial charge in [-0.2, -0.15) is 0 Å². The molecule has 0 saturated carbocycles. The van der Waals surface area contributed by atoms with Gasteiger partial charge in [0.1, 0.15) is 29.9 Å². The number of hydrogen-bond donors (Lipinski definition) is 8. The molecular formula is C24H37N5O8. The Hall–Kier alpha value is -3.71. The van der Waals surface area contributed by atoms with Crippen molar-refractivity contribution in [1.82, 2.24) is 16.0 Å². The van der Waals surface area contributed by atoms with Gasteiger partial charge in [-0.15, -0.1) is 0 Å². The van der Waals surface area contributed by atoms with E-state index in [0.29, 0.717) is 12.0 Å². The maximum Gasteiger partial charge on any atom is 0.326 e. The summed E-state index contributed by atoms with van der Waals surface area (Å²) in [7, 11) is 0. The number of carbonyl (C=O) groups is 5. The molecule has 0 saturated heterocycles. The van der Waals surface area contributed by atoms with Gasteiger partial charge < -0.3 is 42.7 Å². The number of primary amides is 1. The van der Waals surface area contributed by atoms with Crippen molar-refractivity contribution in [3.05, 3.63) is 29.8 Å². The highest BCUT2D eigenvalue weighted by atomic mass is 16.4. The van der Waals surface area contributed by atoms with Crippen LogP contribution in [-0.4, -0.2) is 75.2 Å². The van der Waals surface area contributed by atoms with Gasteiger partial charge in [-0.25, -0.2) is 4.79 Å². The Morgan fingerprint density at radius 2 is 1.49 bits per heavy atom. The van der Waals surface area contributed by atoms with Gasteiger partial charge >= 0.3 is 5.97 Å². The number of carboxylic acids is 1. The molecule has 0 fully saturated rings. The second-order valence-electron chi connectivity index (χ2n) is 8.97. The molecule has 206 valence electrons. The van der Waals surface area contributed by atoms with E-state index in [-0.39, 0.29) is 25.0 Å². The number of phenolic OH excluding ortho intramolecular Hbond substituents is 1. The molecular weight excluding hydrogens is 486 g/mol. The van der Waals surface area contributed by atoms with E-state index in [0.717, 1.165) is 0 Å². The minimum absolute atomic E-state index is 0.00610. The summed E-state index contributed by atoms with van der Waals surface area (Å²) in [5.74, 6) is -4.85. The number of nitrogens with two attached hydrogens (primary N) is 2. The summed E-state index contributed by atoms with van der Waals surface area (Å²) in [6.45, 7) is 4.75. The molecule has 1 rings (SSSR count). The minimum Gasteiger partial charge on any atom is -0.508 e. The number of nitrogens with one attached hydrogen (secondary N) is 3. The lowest BCUT2D eigenvalue weighted by molar-refractivity contribution is -0.142. The number of phenols is 1. The lowest BCUT2D eigenvalue weighted by Crippen LogP contribution is -2.59. The van der Waals surface area contributed by atoms with Gasteiger partial charge in [0.2, 0.25) is 23.6 Å².